The number of nitrogens with one attached hydrogen (secondary N) is 1. The van der Waals surface area contributed by atoms with Crippen molar-refractivity contribution in [1.29, 1.82) is 0 Å². The molecule has 3 heteroatoms. The molecule has 0 saturated heterocycles. The standard InChI is InChI=1S/C17H25NOS/c1-18-17(12-20-16-7-2-3-8-16)13-5-4-6-15(11-13)19-14-9-10-14/h4-6,11,14,16-18H,2-3,7-10,12H2,1H3. The Morgan fingerprint density at radius 2 is 2.05 bits per heavy atom. The van der Waals surface area contributed by atoms with E-state index in [9.17, 15) is 0 Å². The Hall–Kier alpha value is -0.670. The summed E-state index contributed by atoms with van der Waals surface area (Å²) in [6.45, 7) is 0. The lowest BCUT2D eigenvalue weighted by Crippen LogP contribution is -2.20. The monoisotopic (exact) mass is 291 g/mol. The van der Waals surface area contributed by atoms with E-state index in [0.717, 1.165) is 16.8 Å². The fourth-order valence-electron chi connectivity index (χ4n) is 2.82. The van der Waals surface area contributed by atoms with Gasteiger partial charge in [-0.15, -0.1) is 0 Å². The predicted molar refractivity (Wildman–Crippen MR) is 86.6 cm³/mol. The van der Waals surface area contributed by atoms with Crippen LogP contribution in [0.3, 0.4) is 0 Å². The first-order chi connectivity index (χ1) is 9.85. The highest BCUT2D eigenvalue weighted by Gasteiger charge is 2.24. The molecule has 2 aliphatic rings. The second-order valence-corrected chi connectivity index (χ2v) is 7.30. The highest BCUT2D eigenvalue weighted by molar-refractivity contribution is 7.99. The van der Waals surface area contributed by atoms with E-state index >= 15 is 0 Å². The molecule has 0 radical (unpaired) electrons. The zero-order chi connectivity index (χ0) is 13.8. The van der Waals surface area contributed by atoms with Gasteiger partial charge in [0.25, 0.3) is 0 Å². The van der Waals surface area contributed by atoms with Gasteiger partial charge in [-0.1, -0.05) is 25.0 Å². The zero-order valence-electron chi connectivity index (χ0n) is 12.3. The number of thioether (sulfide) groups is 1. The van der Waals surface area contributed by atoms with E-state index in [1.807, 2.05) is 0 Å². The van der Waals surface area contributed by atoms with Crippen LogP contribution in [0.4, 0.5) is 0 Å². The zero-order valence-corrected chi connectivity index (χ0v) is 13.1. The number of ether oxygens (including phenoxy) is 1. The van der Waals surface area contributed by atoms with Crippen molar-refractivity contribution in [1.82, 2.24) is 5.32 Å². The summed E-state index contributed by atoms with van der Waals surface area (Å²) in [6, 6.07) is 9.07. The van der Waals surface area contributed by atoms with Crippen molar-refractivity contribution in [2.75, 3.05) is 12.8 Å². The third-order valence-corrected chi connectivity index (χ3v) is 5.71. The largest absolute Gasteiger partial charge is 0.490 e. The van der Waals surface area contributed by atoms with Gasteiger partial charge in [0, 0.05) is 17.0 Å². The quantitative estimate of drug-likeness (QED) is 0.815. The Morgan fingerprint density at radius 1 is 1.25 bits per heavy atom. The van der Waals surface area contributed by atoms with Gasteiger partial charge in [-0.25, -0.2) is 0 Å². The first-order valence-electron chi connectivity index (χ1n) is 7.90. The number of hydrogen-bond acceptors (Lipinski definition) is 3. The molecular weight excluding hydrogens is 266 g/mol. The van der Waals surface area contributed by atoms with Crippen LogP contribution in [0.2, 0.25) is 0 Å². The van der Waals surface area contributed by atoms with Gasteiger partial charge in [0.15, 0.2) is 0 Å². The molecule has 1 unspecified atom stereocenters. The molecule has 1 atom stereocenters. The molecule has 2 aliphatic carbocycles. The van der Waals surface area contributed by atoms with Crippen molar-refractivity contribution in [3.63, 3.8) is 0 Å². The smallest absolute Gasteiger partial charge is 0.120 e. The SMILES string of the molecule is CNC(CSC1CCCC1)c1cccc(OC2CC2)c1. The Labute approximate surface area is 126 Å². The van der Waals surface area contributed by atoms with Gasteiger partial charge in [-0.05, 0) is 50.4 Å². The van der Waals surface area contributed by atoms with Gasteiger partial charge in [0.1, 0.15) is 5.75 Å². The second kappa shape index (κ2) is 6.86. The molecule has 1 aromatic rings. The Bertz CT molecular complexity index is 427. The third kappa shape index (κ3) is 3.92. The first kappa shape index (κ1) is 14.3. The number of benzene rings is 1. The molecule has 0 amide bonds. The summed E-state index contributed by atoms with van der Waals surface area (Å²) in [7, 11) is 2.06. The molecule has 110 valence electrons. The Kier molecular flexibility index (Phi) is 4.90. The van der Waals surface area contributed by atoms with Crippen LogP contribution in [-0.4, -0.2) is 24.2 Å². The van der Waals surface area contributed by atoms with Crippen LogP contribution < -0.4 is 10.1 Å². The number of hydrogen-bond donors (Lipinski definition) is 1. The topological polar surface area (TPSA) is 21.3 Å². The summed E-state index contributed by atoms with van der Waals surface area (Å²) >= 11 is 2.14. The molecule has 0 bridgehead atoms. The Morgan fingerprint density at radius 3 is 2.75 bits per heavy atom. The van der Waals surface area contributed by atoms with E-state index in [-0.39, 0.29) is 0 Å². The lowest BCUT2D eigenvalue weighted by atomic mass is 10.1. The van der Waals surface area contributed by atoms with Crippen LogP contribution >= 0.6 is 11.8 Å². The fourth-order valence-corrected chi connectivity index (χ4v) is 4.31. The fraction of sp³-hybridized carbons (Fsp3) is 0.647. The molecule has 1 N–H and O–H groups in total. The number of rotatable bonds is 7. The maximum atomic E-state index is 5.90. The lowest BCUT2D eigenvalue weighted by molar-refractivity contribution is 0.302. The van der Waals surface area contributed by atoms with Crippen molar-refractivity contribution in [3.8, 4) is 5.75 Å². The normalized spacial score (nSPS) is 21.1. The van der Waals surface area contributed by atoms with Gasteiger partial charge >= 0.3 is 0 Å². The van der Waals surface area contributed by atoms with E-state index in [1.54, 1.807) is 0 Å². The summed E-state index contributed by atoms with van der Waals surface area (Å²) in [5.41, 5.74) is 1.36. The minimum absolute atomic E-state index is 0.434. The van der Waals surface area contributed by atoms with Gasteiger partial charge in [0.05, 0.1) is 6.10 Å². The lowest BCUT2D eigenvalue weighted by Gasteiger charge is -2.19. The first-order valence-corrected chi connectivity index (χ1v) is 8.95. The van der Waals surface area contributed by atoms with E-state index in [1.165, 1.54) is 44.1 Å². The molecule has 2 fully saturated rings. The molecule has 0 aromatic heterocycles. The molecule has 3 rings (SSSR count). The molecule has 20 heavy (non-hydrogen) atoms. The minimum Gasteiger partial charge on any atom is -0.490 e. The second-order valence-electron chi connectivity index (χ2n) is 5.97. The summed E-state index contributed by atoms with van der Waals surface area (Å²) in [5, 5.41) is 4.35. The molecule has 2 nitrogen and oxygen atoms in total. The van der Waals surface area contributed by atoms with Gasteiger partial charge in [0.2, 0.25) is 0 Å². The van der Waals surface area contributed by atoms with E-state index in [4.69, 9.17) is 4.74 Å². The maximum Gasteiger partial charge on any atom is 0.120 e. The van der Waals surface area contributed by atoms with Crippen LogP contribution in [0.1, 0.15) is 50.1 Å². The van der Waals surface area contributed by atoms with Gasteiger partial charge in [-0.3, -0.25) is 0 Å². The van der Waals surface area contributed by atoms with Crippen LogP contribution in [-0.2, 0) is 0 Å². The molecule has 2 saturated carbocycles. The summed E-state index contributed by atoms with van der Waals surface area (Å²) in [6.07, 6.45) is 8.58. The Balaban J connectivity index is 1.58. The summed E-state index contributed by atoms with van der Waals surface area (Å²) in [5.74, 6) is 2.20. The van der Waals surface area contributed by atoms with Crippen molar-refractivity contribution in [3.05, 3.63) is 29.8 Å². The molecule has 1 aromatic carbocycles. The van der Waals surface area contributed by atoms with Crippen molar-refractivity contribution in [2.24, 2.45) is 0 Å². The summed E-state index contributed by atoms with van der Waals surface area (Å²) < 4.78 is 5.90. The van der Waals surface area contributed by atoms with Crippen LogP contribution in [0.5, 0.6) is 5.75 Å². The highest BCUT2D eigenvalue weighted by Crippen LogP contribution is 2.33. The maximum absolute atomic E-state index is 5.90. The van der Waals surface area contributed by atoms with Crippen molar-refractivity contribution in [2.45, 2.75) is 55.9 Å². The van der Waals surface area contributed by atoms with Crippen LogP contribution in [0, 0.1) is 0 Å². The van der Waals surface area contributed by atoms with E-state index in [2.05, 4.69) is 48.4 Å². The average Bonchev–Trinajstić information content (AvgIpc) is 3.13. The van der Waals surface area contributed by atoms with Crippen LogP contribution in [0.25, 0.3) is 0 Å². The van der Waals surface area contributed by atoms with Gasteiger partial charge < -0.3 is 10.1 Å². The molecule has 0 spiro atoms. The third-order valence-electron chi connectivity index (χ3n) is 4.24. The van der Waals surface area contributed by atoms with Gasteiger partial charge in [-0.2, -0.15) is 11.8 Å². The van der Waals surface area contributed by atoms with Crippen molar-refractivity contribution >= 4 is 11.8 Å². The molecule has 0 aliphatic heterocycles. The molecule has 0 heterocycles. The summed E-state index contributed by atoms with van der Waals surface area (Å²) in [4.78, 5) is 0. The van der Waals surface area contributed by atoms with Crippen LogP contribution in [0.15, 0.2) is 24.3 Å². The molecular formula is C17H25NOS. The minimum atomic E-state index is 0.434. The predicted octanol–water partition coefficient (Wildman–Crippen LogP) is 4.16. The van der Waals surface area contributed by atoms with E-state index in [0.29, 0.717) is 12.1 Å². The van der Waals surface area contributed by atoms with E-state index < -0.39 is 0 Å². The average molecular weight is 291 g/mol. The van der Waals surface area contributed by atoms with Crippen molar-refractivity contribution < 1.29 is 4.74 Å². The highest BCUT2D eigenvalue weighted by atomic mass is 32.2.